The van der Waals surface area contributed by atoms with Crippen molar-refractivity contribution in [2.45, 2.75) is 56.9 Å². The van der Waals surface area contributed by atoms with Crippen molar-refractivity contribution in [2.75, 3.05) is 20.2 Å². The number of piperidine rings is 1. The predicted octanol–water partition coefficient (Wildman–Crippen LogP) is 4.10. The van der Waals surface area contributed by atoms with Crippen molar-refractivity contribution < 1.29 is 23.4 Å². The topological polar surface area (TPSA) is 78.5 Å². The number of nitrogens with zero attached hydrogens (tertiary/aromatic N) is 2. The summed E-state index contributed by atoms with van der Waals surface area (Å²) >= 11 is 0. The first-order valence-electron chi connectivity index (χ1n) is 10.7. The van der Waals surface area contributed by atoms with Crippen LogP contribution >= 0.6 is 0 Å². The van der Waals surface area contributed by atoms with E-state index in [1.807, 2.05) is 18.2 Å². The second kappa shape index (κ2) is 8.49. The molecule has 0 radical (unpaired) electrons. The Hall–Kier alpha value is -2.22. The summed E-state index contributed by atoms with van der Waals surface area (Å²) in [6.07, 6.45) is 2.44. The quantitative estimate of drug-likeness (QED) is 0.734. The largest absolute Gasteiger partial charge is 0.494 e. The average molecular weight is 421 g/mol. The van der Waals surface area contributed by atoms with Gasteiger partial charge in [0.25, 0.3) is 0 Å². The number of ether oxygens (including phenoxy) is 1. The van der Waals surface area contributed by atoms with E-state index in [1.54, 1.807) is 7.11 Å². The van der Waals surface area contributed by atoms with Gasteiger partial charge < -0.3 is 19.7 Å². The maximum Gasteiger partial charge on any atom is 0.303 e. The Morgan fingerprint density at radius 1 is 1.30 bits per heavy atom. The van der Waals surface area contributed by atoms with Crippen molar-refractivity contribution in [3.8, 4) is 5.75 Å². The number of halogens is 2. The van der Waals surface area contributed by atoms with E-state index in [-0.39, 0.29) is 37.1 Å². The van der Waals surface area contributed by atoms with Crippen molar-refractivity contribution in [2.24, 2.45) is 11.8 Å². The molecule has 1 aromatic heterocycles. The van der Waals surface area contributed by atoms with E-state index in [4.69, 9.17) is 9.72 Å². The van der Waals surface area contributed by atoms with Gasteiger partial charge in [-0.25, -0.2) is 13.8 Å². The maximum atomic E-state index is 13.6. The zero-order chi connectivity index (χ0) is 21.3. The summed E-state index contributed by atoms with van der Waals surface area (Å²) in [4.78, 5) is 21.8. The number of hydrogen-bond acceptors (Lipinski definition) is 4. The minimum Gasteiger partial charge on any atom is -0.494 e. The molecule has 2 N–H and O–H groups in total. The van der Waals surface area contributed by atoms with Crippen LogP contribution in [0.5, 0.6) is 5.75 Å². The Balaban J connectivity index is 1.50. The van der Waals surface area contributed by atoms with E-state index in [0.29, 0.717) is 25.0 Å². The molecule has 2 atom stereocenters. The van der Waals surface area contributed by atoms with Crippen LogP contribution in [-0.2, 0) is 11.2 Å². The Morgan fingerprint density at radius 2 is 2.07 bits per heavy atom. The summed E-state index contributed by atoms with van der Waals surface area (Å²) in [5.41, 5.74) is 1.66. The highest BCUT2D eigenvalue weighted by Gasteiger charge is 2.40. The molecule has 0 bridgehead atoms. The van der Waals surface area contributed by atoms with E-state index in [2.05, 4.69) is 9.88 Å². The fraction of sp³-hybridized carbons (Fsp3) is 0.636. The number of nitrogens with one attached hydrogen (secondary N) is 1. The second-order valence-corrected chi connectivity index (χ2v) is 8.73. The predicted molar refractivity (Wildman–Crippen MR) is 109 cm³/mol. The lowest BCUT2D eigenvalue weighted by Gasteiger charge is -2.44. The molecule has 1 saturated heterocycles. The molecule has 2 unspecified atom stereocenters. The van der Waals surface area contributed by atoms with Crippen molar-refractivity contribution in [3.63, 3.8) is 0 Å². The molecule has 6 nitrogen and oxygen atoms in total. The molecule has 0 spiro atoms. The molecular formula is C22H29F2N3O3. The molecule has 2 aromatic rings. The van der Waals surface area contributed by atoms with Crippen molar-refractivity contribution in [3.05, 3.63) is 24.0 Å². The molecule has 2 heterocycles. The van der Waals surface area contributed by atoms with Gasteiger partial charge in [-0.15, -0.1) is 0 Å². The summed E-state index contributed by atoms with van der Waals surface area (Å²) in [6.45, 7) is 1.50. The molecule has 1 aromatic carbocycles. The minimum absolute atomic E-state index is 0.0545. The van der Waals surface area contributed by atoms with Gasteiger partial charge in [0.05, 0.1) is 12.6 Å². The third-order valence-electron chi connectivity index (χ3n) is 6.76. The van der Waals surface area contributed by atoms with Crippen molar-refractivity contribution in [1.82, 2.24) is 14.9 Å². The van der Waals surface area contributed by atoms with Crippen LogP contribution in [0, 0.1) is 11.8 Å². The van der Waals surface area contributed by atoms with E-state index < -0.39 is 11.9 Å². The molecule has 164 valence electrons. The zero-order valence-corrected chi connectivity index (χ0v) is 17.2. The van der Waals surface area contributed by atoms with E-state index in [9.17, 15) is 18.7 Å². The molecule has 2 fully saturated rings. The van der Waals surface area contributed by atoms with Crippen molar-refractivity contribution >= 4 is 17.0 Å². The van der Waals surface area contributed by atoms with Gasteiger partial charge in [0.2, 0.25) is 5.92 Å². The number of methoxy groups -OCH3 is 1. The molecule has 1 aliphatic carbocycles. The number of carboxylic acids is 1. The summed E-state index contributed by atoms with van der Waals surface area (Å²) in [6, 6.07) is 5.87. The van der Waals surface area contributed by atoms with E-state index >= 15 is 0 Å². The molecule has 1 aliphatic heterocycles. The van der Waals surface area contributed by atoms with E-state index in [1.165, 1.54) is 0 Å². The molecule has 2 aliphatic rings. The number of carboxylic acid groups (broad SMARTS) is 1. The first-order valence-corrected chi connectivity index (χ1v) is 10.7. The fourth-order valence-corrected chi connectivity index (χ4v) is 5.12. The van der Waals surface area contributed by atoms with Crippen LogP contribution in [0.2, 0.25) is 0 Å². The number of para-hydroxylation sites is 1. The molecule has 4 rings (SSSR count). The van der Waals surface area contributed by atoms with Gasteiger partial charge in [0, 0.05) is 38.3 Å². The molecule has 30 heavy (non-hydrogen) atoms. The summed E-state index contributed by atoms with van der Waals surface area (Å²) < 4.78 is 32.5. The number of rotatable bonds is 6. The third kappa shape index (κ3) is 4.58. The average Bonchev–Trinajstić information content (AvgIpc) is 3.11. The van der Waals surface area contributed by atoms with Crippen LogP contribution < -0.4 is 4.74 Å². The Kier molecular flexibility index (Phi) is 5.95. The van der Waals surface area contributed by atoms with Crippen molar-refractivity contribution in [1.29, 1.82) is 0 Å². The first kappa shape index (κ1) is 21.0. The maximum absolute atomic E-state index is 13.6. The highest BCUT2D eigenvalue weighted by molar-refractivity contribution is 5.81. The second-order valence-electron chi connectivity index (χ2n) is 8.73. The summed E-state index contributed by atoms with van der Waals surface area (Å²) in [7, 11) is 1.61. The number of likely N-dealkylation sites (tertiary alicyclic amines) is 1. The number of fused-ring (bicyclic) bond motifs is 1. The number of benzene rings is 1. The molecule has 8 heteroatoms. The molecule has 1 saturated carbocycles. The van der Waals surface area contributed by atoms with Crippen LogP contribution in [0.25, 0.3) is 11.0 Å². The zero-order valence-electron chi connectivity index (χ0n) is 17.2. The number of aromatic nitrogens is 2. The highest BCUT2D eigenvalue weighted by Crippen LogP contribution is 2.38. The third-order valence-corrected chi connectivity index (χ3v) is 6.76. The Bertz CT molecular complexity index is 891. The Labute approximate surface area is 174 Å². The van der Waals surface area contributed by atoms with Crippen LogP contribution in [0.4, 0.5) is 8.78 Å². The van der Waals surface area contributed by atoms with Gasteiger partial charge in [-0.3, -0.25) is 4.79 Å². The van der Waals surface area contributed by atoms with Gasteiger partial charge in [-0.05, 0) is 49.8 Å². The van der Waals surface area contributed by atoms with E-state index in [0.717, 1.165) is 36.4 Å². The monoisotopic (exact) mass is 421 g/mol. The summed E-state index contributed by atoms with van der Waals surface area (Å²) in [5, 5.41) is 9.37. The van der Waals surface area contributed by atoms with Gasteiger partial charge in [0.1, 0.15) is 17.1 Å². The first-order chi connectivity index (χ1) is 14.3. The standard InChI is InChI=1S/C22H29F2N3O3/c1-30-18-4-2-3-17-21(18)26-19(25-17)11-15-13-27(10-7-14(15)12-20(28)29)16-5-8-22(23,24)9-6-16/h2-4,14-16H,5-13H2,1H3,(H,25,26)(H,28,29). The number of carbonyl (C=O) groups is 1. The summed E-state index contributed by atoms with van der Waals surface area (Å²) in [5.74, 6) is -1.65. The van der Waals surface area contributed by atoms with Gasteiger partial charge in [-0.2, -0.15) is 0 Å². The lowest BCUT2D eigenvalue weighted by molar-refractivity contribution is -0.139. The molecule has 0 amide bonds. The lowest BCUT2D eigenvalue weighted by Crippen LogP contribution is -2.49. The van der Waals surface area contributed by atoms with Gasteiger partial charge in [-0.1, -0.05) is 6.07 Å². The number of hydrogen-bond donors (Lipinski definition) is 2. The van der Waals surface area contributed by atoms with Gasteiger partial charge >= 0.3 is 5.97 Å². The number of alkyl halides is 2. The lowest BCUT2D eigenvalue weighted by atomic mass is 9.79. The fourth-order valence-electron chi connectivity index (χ4n) is 5.12. The number of aliphatic carboxylic acids is 1. The van der Waals surface area contributed by atoms with Crippen LogP contribution in [0.15, 0.2) is 18.2 Å². The number of H-pyrrole nitrogens is 1. The smallest absolute Gasteiger partial charge is 0.303 e. The van der Waals surface area contributed by atoms with Crippen LogP contribution in [0.1, 0.15) is 44.3 Å². The number of imidazole rings is 1. The minimum atomic E-state index is -2.54. The van der Waals surface area contributed by atoms with Crippen LogP contribution in [0.3, 0.4) is 0 Å². The normalized spacial score (nSPS) is 25.4. The van der Waals surface area contributed by atoms with Crippen LogP contribution in [-0.4, -0.2) is 58.1 Å². The Morgan fingerprint density at radius 3 is 2.77 bits per heavy atom. The van der Waals surface area contributed by atoms with Gasteiger partial charge in [0.15, 0.2) is 0 Å². The number of aromatic amines is 1. The highest BCUT2D eigenvalue weighted by atomic mass is 19.3. The SMILES string of the molecule is COc1cccc2[nH]c(CC3CN(C4CCC(F)(F)CC4)CCC3CC(=O)O)nc12. The molecular weight excluding hydrogens is 392 g/mol.